The minimum atomic E-state index is -0.917. The van der Waals surface area contributed by atoms with E-state index in [4.69, 9.17) is 5.11 Å². The van der Waals surface area contributed by atoms with Crippen molar-refractivity contribution < 1.29 is 9.90 Å². The molecule has 0 fully saturated rings. The van der Waals surface area contributed by atoms with Gasteiger partial charge in [0.1, 0.15) is 0 Å². The van der Waals surface area contributed by atoms with Crippen LogP contribution in [0, 0.1) is 0 Å². The molecule has 0 unspecified atom stereocenters. The number of hydrogen-bond donors (Lipinski definition) is 1. The highest BCUT2D eigenvalue weighted by atomic mass is 16.4. The van der Waals surface area contributed by atoms with Gasteiger partial charge in [-0.05, 0) is 12.8 Å². The molecule has 4 nitrogen and oxygen atoms in total. The van der Waals surface area contributed by atoms with Crippen LogP contribution in [-0.4, -0.2) is 20.9 Å². The Balaban J connectivity index is 2.64. The second kappa shape index (κ2) is 2.59. The number of rotatable bonds is 1. The summed E-state index contributed by atoms with van der Waals surface area (Å²) >= 11 is 0. The van der Waals surface area contributed by atoms with Gasteiger partial charge in [-0.3, -0.25) is 4.68 Å². The van der Waals surface area contributed by atoms with E-state index in [0.717, 1.165) is 24.1 Å². The van der Waals surface area contributed by atoms with Gasteiger partial charge in [-0.15, -0.1) is 0 Å². The molecule has 1 aromatic rings. The second-order valence-corrected chi connectivity index (χ2v) is 4.49. The van der Waals surface area contributed by atoms with Crippen LogP contribution in [0.25, 0.3) is 0 Å². The first-order valence-electron chi connectivity index (χ1n) is 4.73. The maximum absolute atomic E-state index is 10.9. The number of aryl methyl sites for hydroxylation is 1. The maximum atomic E-state index is 10.9. The zero-order valence-corrected chi connectivity index (χ0v) is 8.66. The van der Waals surface area contributed by atoms with Crippen molar-refractivity contribution in [3.8, 4) is 0 Å². The SMILES string of the molecule is Cn1nc(C(=O)O)c2c1C(C)(C)CC2. The lowest BCUT2D eigenvalue weighted by Crippen LogP contribution is -2.17. The third-order valence-corrected chi connectivity index (χ3v) is 2.99. The molecule has 2 rings (SSSR count). The van der Waals surface area contributed by atoms with Crippen LogP contribution in [0.1, 0.15) is 42.0 Å². The van der Waals surface area contributed by atoms with Crippen LogP contribution < -0.4 is 0 Å². The Bertz CT molecular complexity index is 404. The summed E-state index contributed by atoms with van der Waals surface area (Å²) in [5, 5.41) is 13.0. The van der Waals surface area contributed by atoms with Gasteiger partial charge in [0.15, 0.2) is 5.69 Å². The van der Waals surface area contributed by atoms with Gasteiger partial charge in [-0.1, -0.05) is 13.8 Å². The number of aromatic carboxylic acids is 1. The number of aromatic nitrogens is 2. The van der Waals surface area contributed by atoms with Crippen LogP contribution in [0.2, 0.25) is 0 Å². The van der Waals surface area contributed by atoms with Crippen LogP contribution >= 0.6 is 0 Å². The van der Waals surface area contributed by atoms with Gasteiger partial charge in [0, 0.05) is 23.7 Å². The first-order chi connectivity index (χ1) is 6.43. The molecule has 0 saturated carbocycles. The second-order valence-electron chi connectivity index (χ2n) is 4.49. The van der Waals surface area contributed by atoms with E-state index >= 15 is 0 Å². The van der Waals surface area contributed by atoms with Crippen LogP contribution in [0.15, 0.2) is 0 Å². The van der Waals surface area contributed by atoms with Crippen molar-refractivity contribution in [3.05, 3.63) is 17.0 Å². The molecule has 0 atom stereocenters. The molecule has 76 valence electrons. The Labute approximate surface area is 82.5 Å². The monoisotopic (exact) mass is 194 g/mol. The molecule has 1 heterocycles. The molecule has 0 spiro atoms. The minimum absolute atomic E-state index is 0.0603. The third-order valence-electron chi connectivity index (χ3n) is 2.99. The van der Waals surface area contributed by atoms with Gasteiger partial charge in [-0.2, -0.15) is 5.10 Å². The summed E-state index contributed by atoms with van der Waals surface area (Å²) < 4.78 is 1.71. The smallest absolute Gasteiger partial charge is 0.356 e. The number of nitrogens with zero attached hydrogens (tertiary/aromatic N) is 2. The molecule has 1 aliphatic rings. The summed E-state index contributed by atoms with van der Waals surface area (Å²) in [6.07, 6.45) is 1.84. The van der Waals surface area contributed by atoms with Crippen LogP contribution in [-0.2, 0) is 18.9 Å². The van der Waals surface area contributed by atoms with Crippen molar-refractivity contribution >= 4 is 5.97 Å². The van der Waals surface area contributed by atoms with Crippen molar-refractivity contribution in [2.24, 2.45) is 7.05 Å². The number of carbonyl (C=O) groups is 1. The predicted octanol–water partition coefficient (Wildman–Crippen LogP) is 1.34. The van der Waals surface area contributed by atoms with Gasteiger partial charge in [0.25, 0.3) is 0 Å². The van der Waals surface area contributed by atoms with Crippen molar-refractivity contribution in [2.45, 2.75) is 32.1 Å². The fourth-order valence-corrected chi connectivity index (χ4v) is 2.38. The molecule has 1 aliphatic carbocycles. The molecule has 0 radical (unpaired) electrons. The van der Waals surface area contributed by atoms with Gasteiger partial charge in [0.05, 0.1) is 0 Å². The lowest BCUT2D eigenvalue weighted by atomic mass is 9.91. The molecular weight excluding hydrogens is 180 g/mol. The summed E-state index contributed by atoms with van der Waals surface area (Å²) in [7, 11) is 1.82. The Morgan fingerprint density at radius 3 is 2.79 bits per heavy atom. The molecule has 1 N–H and O–H groups in total. The molecule has 0 amide bonds. The van der Waals surface area contributed by atoms with Crippen LogP contribution in [0.3, 0.4) is 0 Å². The normalized spacial score (nSPS) is 18.2. The molecular formula is C10H14N2O2. The summed E-state index contributed by atoms with van der Waals surface area (Å²) in [6, 6.07) is 0. The summed E-state index contributed by atoms with van der Waals surface area (Å²) in [5.41, 5.74) is 2.29. The standard InChI is InChI=1S/C10H14N2O2/c1-10(2)5-4-6-7(9(13)14)11-12(3)8(6)10/h4-5H2,1-3H3,(H,13,14). The fraction of sp³-hybridized carbons (Fsp3) is 0.600. The van der Waals surface area contributed by atoms with E-state index in [1.165, 1.54) is 0 Å². The van der Waals surface area contributed by atoms with Crippen molar-refractivity contribution in [1.82, 2.24) is 9.78 Å². The van der Waals surface area contributed by atoms with Crippen molar-refractivity contribution in [2.75, 3.05) is 0 Å². The molecule has 0 aliphatic heterocycles. The number of hydrogen-bond acceptors (Lipinski definition) is 2. The zero-order chi connectivity index (χ0) is 10.5. The molecule has 14 heavy (non-hydrogen) atoms. The van der Waals surface area contributed by atoms with E-state index in [0.29, 0.717) is 0 Å². The summed E-state index contributed by atoms with van der Waals surface area (Å²) in [5.74, 6) is -0.917. The van der Waals surface area contributed by atoms with E-state index in [9.17, 15) is 4.79 Å². The lowest BCUT2D eigenvalue weighted by Gasteiger charge is -2.18. The van der Waals surface area contributed by atoms with Gasteiger partial charge >= 0.3 is 5.97 Å². The highest BCUT2D eigenvalue weighted by Gasteiger charge is 2.37. The van der Waals surface area contributed by atoms with Gasteiger partial charge in [0.2, 0.25) is 0 Å². The lowest BCUT2D eigenvalue weighted by molar-refractivity contribution is 0.0688. The average molecular weight is 194 g/mol. The Hall–Kier alpha value is -1.32. The third kappa shape index (κ3) is 1.06. The fourth-order valence-electron chi connectivity index (χ4n) is 2.38. The largest absolute Gasteiger partial charge is 0.476 e. The number of carboxylic acid groups (broad SMARTS) is 1. The molecule has 4 heteroatoms. The van der Waals surface area contributed by atoms with E-state index in [-0.39, 0.29) is 11.1 Å². The first-order valence-corrected chi connectivity index (χ1v) is 4.73. The highest BCUT2D eigenvalue weighted by molar-refractivity contribution is 5.87. The average Bonchev–Trinajstić information content (AvgIpc) is 2.53. The Kier molecular flexibility index (Phi) is 1.71. The first kappa shape index (κ1) is 9.24. The summed E-state index contributed by atoms with van der Waals surface area (Å²) in [6.45, 7) is 4.26. The molecule has 0 aromatic carbocycles. The highest BCUT2D eigenvalue weighted by Crippen LogP contribution is 2.39. The minimum Gasteiger partial charge on any atom is -0.476 e. The van der Waals surface area contributed by atoms with E-state index in [2.05, 4.69) is 18.9 Å². The van der Waals surface area contributed by atoms with Crippen LogP contribution in [0.4, 0.5) is 0 Å². The maximum Gasteiger partial charge on any atom is 0.356 e. The van der Waals surface area contributed by atoms with Gasteiger partial charge < -0.3 is 5.11 Å². The topological polar surface area (TPSA) is 55.1 Å². The zero-order valence-electron chi connectivity index (χ0n) is 8.66. The van der Waals surface area contributed by atoms with Gasteiger partial charge in [-0.25, -0.2) is 4.79 Å². The Morgan fingerprint density at radius 1 is 1.57 bits per heavy atom. The van der Waals surface area contributed by atoms with Crippen molar-refractivity contribution in [3.63, 3.8) is 0 Å². The quantitative estimate of drug-likeness (QED) is 0.734. The van der Waals surface area contributed by atoms with Crippen molar-refractivity contribution in [1.29, 1.82) is 0 Å². The summed E-state index contributed by atoms with van der Waals surface area (Å²) in [4.78, 5) is 10.9. The molecule has 0 bridgehead atoms. The molecule has 0 saturated heterocycles. The number of carboxylic acids is 1. The predicted molar refractivity (Wildman–Crippen MR) is 51.5 cm³/mol. The molecule has 1 aromatic heterocycles. The van der Waals surface area contributed by atoms with E-state index in [1.54, 1.807) is 4.68 Å². The Morgan fingerprint density at radius 2 is 2.21 bits per heavy atom. The number of fused-ring (bicyclic) bond motifs is 1. The van der Waals surface area contributed by atoms with E-state index in [1.807, 2.05) is 7.05 Å². The van der Waals surface area contributed by atoms with Crippen LogP contribution in [0.5, 0.6) is 0 Å². The van der Waals surface area contributed by atoms with E-state index < -0.39 is 5.97 Å².